The monoisotopic (exact) mass is 183 g/mol. The third-order valence-electron chi connectivity index (χ3n) is 4.04. The minimum Gasteiger partial charge on any atom is -0.328 e. The maximum absolute atomic E-state index is 6.00. The van der Waals surface area contributed by atoms with Gasteiger partial charge in [-0.25, -0.2) is 0 Å². The van der Waals surface area contributed by atoms with E-state index in [4.69, 9.17) is 5.73 Å². The highest BCUT2D eigenvalue weighted by Gasteiger charge is 2.26. The molecule has 0 aromatic heterocycles. The predicted octanol–water partition coefficient (Wildman–Crippen LogP) is 3.19. The van der Waals surface area contributed by atoms with Crippen molar-refractivity contribution in [1.29, 1.82) is 0 Å². The van der Waals surface area contributed by atoms with E-state index in [0.29, 0.717) is 6.04 Å². The van der Waals surface area contributed by atoms with Gasteiger partial charge in [-0.2, -0.15) is 0 Å². The van der Waals surface area contributed by atoms with E-state index in [0.717, 1.165) is 17.8 Å². The molecule has 4 unspecified atom stereocenters. The second kappa shape index (κ2) is 4.99. The van der Waals surface area contributed by atoms with E-state index in [2.05, 4.69) is 20.8 Å². The summed E-state index contributed by atoms with van der Waals surface area (Å²) in [7, 11) is 0. The van der Waals surface area contributed by atoms with Gasteiger partial charge in [-0.15, -0.1) is 0 Å². The molecule has 0 aromatic carbocycles. The molecule has 1 nitrogen and oxygen atoms in total. The van der Waals surface area contributed by atoms with Crippen molar-refractivity contribution in [2.45, 2.75) is 58.9 Å². The Morgan fingerprint density at radius 3 is 2.54 bits per heavy atom. The molecule has 1 aliphatic rings. The first kappa shape index (κ1) is 11.0. The fraction of sp³-hybridized carbons (Fsp3) is 1.00. The quantitative estimate of drug-likeness (QED) is 0.714. The molecule has 0 bridgehead atoms. The largest absolute Gasteiger partial charge is 0.328 e. The molecule has 1 rings (SSSR count). The van der Waals surface area contributed by atoms with Crippen molar-refractivity contribution in [3.63, 3.8) is 0 Å². The van der Waals surface area contributed by atoms with Crippen LogP contribution in [0.4, 0.5) is 0 Å². The van der Waals surface area contributed by atoms with Gasteiger partial charge in [0, 0.05) is 6.04 Å². The van der Waals surface area contributed by atoms with Crippen LogP contribution < -0.4 is 5.73 Å². The van der Waals surface area contributed by atoms with Crippen LogP contribution in [0.2, 0.25) is 0 Å². The highest BCUT2D eigenvalue weighted by Crippen LogP contribution is 2.34. The van der Waals surface area contributed by atoms with Gasteiger partial charge in [0.1, 0.15) is 0 Å². The van der Waals surface area contributed by atoms with Crippen LogP contribution in [0.1, 0.15) is 52.9 Å². The van der Waals surface area contributed by atoms with Crippen molar-refractivity contribution >= 4 is 0 Å². The Labute approximate surface area is 83.1 Å². The van der Waals surface area contributed by atoms with Crippen molar-refractivity contribution in [3.8, 4) is 0 Å². The second-order valence-electron chi connectivity index (χ2n) is 4.93. The van der Waals surface area contributed by atoms with Gasteiger partial charge in [-0.1, -0.05) is 40.0 Å². The minimum absolute atomic E-state index is 0.491. The fourth-order valence-electron chi connectivity index (χ4n) is 2.58. The standard InChI is InChI=1S/C12H25N/c1-4-9(2)10(3)11-6-5-7-12(13)8-11/h9-12H,4-8,13H2,1-3H3. The van der Waals surface area contributed by atoms with E-state index in [9.17, 15) is 0 Å². The fourth-order valence-corrected chi connectivity index (χ4v) is 2.58. The molecule has 0 heterocycles. The molecule has 0 radical (unpaired) electrons. The number of rotatable bonds is 3. The van der Waals surface area contributed by atoms with Gasteiger partial charge in [0.05, 0.1) is 0 Å². The molecule has 1 fully saturated rings. The first-order valence-corrected chi connectivity index (χ1v) is 5.90. The molecule has 0 saturated heterocycles. The highest BCUT2D eigenvalue weighted by molar-refractivity contribution is 4.80. The smallest absolute Gasteiger partial charge is 0.00415 e. The van der Waals surface area contributed by atoms with E-state index in [1.54, 1.807) is 0 Å². The average Bonchev–Trinajstić information content (AvgIpc) is 2.15. The molecule has 13 heavy (non-hydrogen) atoms. The molecule has 0 aliphatic heterocycles. The summed E-state index contributed by atoms with van der Waals surface area (Å²) >= 11 is 0. The van der Waals surface area contributed by atoms with E-state index >= 15 is 0 Å². The van der Waals surface area contributed by atoms with Crippen LogP contribution in [0.25, 0.3) is 0 Å². The second-order valence-corrected chi connectivity index (χ2v) is 4.93. The van der Waals surface area contributed by atoms with Gasteiger partial charge in [0.25, 0.3) is 0 Å². The van der Waals surface area contributed by atoms with Gasteiger partial charge in [-0.05, 0) is 30.6 Å². The third kappa shape index (κ3) is 2.98. The van der Waals surface area contributed by atoms with Crippen LogP contribution in [0.5, 0.6) is 0 Å². The molecular weight excluding hydrogens is 158 g/mol. The van der Waals surface area contributed by atoms with E-state index < -0.39 is 0 Å². The summed E-state index contributed by atoms with van der Waals surface area (Å²) in [6.45, 7) is 7.09. The first-order valence-electron chi connectivity index (χ1n) is 5.90. The highest BCUT2D eigenvalue weighted by atomic mass is 14.6. The Kier molecular flexibility index (Phi) is 4.24. The lowest BCUT2D eigenvalue weighted by Crippen LogP contribution is -2.32. The van der Waals surface area contributed by atoms with Gasteiger partial charge in [0.2, 0.25) is 0 Å². The van der Waals surface area contributed by atoms with Crippen LogP contribution in [0, 0.1) is 17.8 Å². The summed E-state index contributed by atoms with van der Waals surface area (Å²) in [5.41, 5.74) is 6.00. The van der Waals surface area contributed by atoms with Gasteiger partial charge >= 0.3 is 0 Å². The zero-order valence-electron chi connectivity index (χ0n) is 9.42. The van der Waals surface area contributed by atoms with Crippen molar-refractivity contribution in [2.24, 2.45) is 23.5 Å². The topological polar surface area (TPSA) is 26.0 Å². The number of hydrogen-bond acceptors (Lipinski definition) is 1. The normalized spacial score (nSPS) is 34.2. The first-order chi connectivity index (χ1) is 6.15. The van der Waals surface area contributed by atoms with E-state index in [1.165, 1.54) is 32.1 Å². The Balaban J connectivity index is 2.41. The Morgan fingerprint density at radius 1 is 1.31 bits per heavy atom. The van der Waals surface area contributed by atoms with Crippen molar-refractivity contribution in [2.75, 3.05) is 0 Å². The molecule has 78 valence electrons. The Bertz CT molecular complexity index is 144. The van der Waals surface area contributed by atoms with Gasteiger partial charge < -0.3 is 5.73 Å². The van der Waals surface area contributed by atoms with Crippen molar-refractivity contribution < 1.29 is 0 Å². The summed E-state index contributed by atoms with van der Waals surface area (Å²) < 4.78 is 0. The Hall–Kier alpha value is -0.0400. The van der Waals surface area contributed by atoms with Crippen LogP contribution in [0.15, 0.2) is 0 Å². The molecule has 1 saturated carbocycles. The van der Waals surface area contributed by atoms with Crippen LogP contribution >= 0.6 is 0 Å². The summed E-state index contributed by atoms with van der Waals surface area (Å²) in [6, 6.07) is 0.491. The molecule has 1 aliphatic carbocycles. The lowest BCUT2D eigenvalue weighted by atomic mass is 9.73. The summed E-state index contributed by atoms with van der Waals surface area (Å²) in [4.78, 5) is 0. The third-order valence-corrected chi connectivity index (χ3v) is 4.04. The van der Waals surface area contributed by atoms with E-state index in [-0.39, 0.29) is 0 Å². The zero-order valence-corrected chi connectivity index (χ0v) is 9.42. The van der Waals surface area contributed by atoms with Crippen LogP contribution in [-0.2, 0) is 0 Å². The molecule has 4 atom stereocenters. The Morgan fingerprint density at radius 2 is 2.00 bits per heavy atom. The number of hydrogen-bond donors (Lipinski definition) is 1. The summed E-state index contributed by atoms with van der Waals surface area (Å²) in [5.74, 6) is 2.64. The van der Waals surface area contributed by atoms with Crippen LogP contribution in [0.3, 0.4) is 0 Å². The lowest BCUT2D eigenvalue weighted by Gasteiger charge is -2.34. The molecule has 2 N–H and O–H groups in total. The molecule has 0 aromatic rings. The molecule has 0 amide bonds. The van der Waals surface area contributed by atoms with Gasteiger partial charge in [0.15, 0.2) is 0 Å². The predicted molar refractivity (Wildman–Crippen MR) is 58.6 cm³/mol. The van der Waals surface area contributed by atoms with Gasteiger partial charge in [-0.3, -0.25) is 0 Å². The summed E-state index contributed by atoms with van der Waals surface area (Å²) in [6.07, 6.45) is 6.61. The van der Waals surface area contributed by atoms with E-state index in [1.807, 2.05) is 0 Å². The lowest BCUT2D eigenvalue weighted by molar-refractivity contribution is 0.187. The molecule has 0 spiro atoms. The van der Waals surface area contributed by atoms with Crippen molar-refractivity contribution in [3.05, 3.63) is 0 Å². The zero-order chi connectivity index (χ0) is 9.84. The minimum atomic E-state index is 0.491. The maximum Gasteiger partial charge on any atom is 0.00415 e. The van der Waals surface area contributed by atoms with Crippen molar-refractivity contribution in [1.82, 2.24) is 0 Å². The molecular formula is C12H25N. The number of nitrogens with two attached hydrogens (primary N) is 1. The maximum atomic E-state index is 6.00. The average molecular weight is 183 g/mol. The molecule has 1 heteroatoms. The SMILES string of the molecule is CCC(C)C(C)C1CCCC(N)C1. The van der Waals surface area contributed by atoms with Crippen LogP contribution in [-0.4, -0.2) is 6.04 Å². The summed E-state index contributed by atoms with van der Waals surface area (Å²) in [5, 5.41) is 0.